The summed E-state index contributed by atoms with van der Waals surface area (Å²) >= 11 is 1.43. The molecule has 7 nitrogen and oxygen atoms in total. The number of nitrogens with zero attached hydrogens (tertiary/aromatic N) is 4. The number of nitrogens with one attached hydrogen (secondary N) is 1. The fourth-order valence-corrected chi connectivity index (χ4v) is 3.93. The molecule has 152 valence electrons. The van der Waals surface area contributed by atoms with Crippen LogP contribution in [0.5, 0.6) is 11.6 Å². The number of carbonyl (C=O) groups is 1. The van der Waals surface area contributed by atoms with Crippen LogP contribution in [0.3, 0.4) is 0 Å². The summed E-state index contributed by atoms with van der Waals surface area (Å²) in [5.74, 6) is 1.54. The van der Waals surface area contributed by atoms with Gasteiger partial charge < -0.3 is 10.1 Å². The molecule has 5 rings (SSSR count). The third-order valence-corrected chi connectivity index (χ3v) is 5.69. The molecule has 0 radical (unpaired) electrons. The molecule has 0 unspecified atom stereocenters. The third kappa shape index (κ3) is 3.88. The lowest BCUT2D eigenvalue weighted by Crippen LogP contribution is -2.11. The Hall–Kier alpha value is -4.04. The minimum Gasteiger partial charge on any atom is -0.438 e. The van der Waals surface area contributed by atoms with E-state index in [4.69, 9.17) is 4.74 Å². The topological polar surface area (TPSA) is 81.4 Å². The van der Waals surface area contributed by atoms with Crippen LogP contribution < -0.4 is 10.1 Å². The summed E-state index contributed by atoms with van der Waals surface area (Å²) in [4.78, 5) is 13.1. The van der Waals surface area contributed by atoms with E-state index >= 15 is 0 Å². The van der Waals surface area contributed by atoms with Gasteiger partial charge in [0, 0.05) is 17.3 Å². The van der Waals surface area contributed by atoms with Crippen LogP contribution in [0.4, 0.5) is 5.69 Å². The number of hydrogen-bond acceptors (Lipinski definition) is 6. The van der Waals surface area contributed by atoms with E-state index in [0.29, 0.717) is 33.7 Å². The SMILES string of the molecule is Cc1ccsc1C(=O)Nc1ccc(Oc2ccc3nnc(-c4ccccc4)n3n2)cc1. The van der Waals surface area contributed by atoms with Crippen LogP contribution >= 0.6 is 11.3 Å². The van der Waals surface area contributed by atoms with Crippen molar-refractivity contribution in [3.63, 3.8) is 0 Å². The molecular formula is C23H17N5O2S. The predicted molar refractivity (Wildman–Crippen MR) is 120 cm³/mol. The van der Waals surface area contributed by atoms with Crippen molar-refractivity contribution in [3.05, 3.63) is 88.6 Å². The molecule has 0 fully saturated rings. The molecule has 0 saturated heterocycles. The van der Waals surface area contributed by atoms with E-state index in [9.17, 15) is 4.79 Å². The maximum absolute atomic E-state index is 12.4. The summed E-state index contributed by atoms with van der Waals surface area (Å²) in [6.45, 7) is 1.92. The summed E-state index contributed by atoms with van der Waals surface area (Å²) < 4.78 is 7.56. The van der Waals surface area contributed by atoms with Gasteiger partial charge in [-0.1, -0.05) is 30.3 Å². The van der Waals surface area contributed by atoms with Crippen molar-refractivity contribution in [3.8, 4) is 23.0 Å². The number of carbonyl (C=O) groups excluding carboxylic acids is 1. The Kier molecular flexibility index (Phi) is 4.89. The van der Waals surface area contributed by atoms with Crippen LogP contribution in [0, 0.1) is 6.92 Å². The van der Waals surface area contributed by atoms with Gasteiger partial charge in [0.05, 0.1) is 4.88 Å². The van der Waals surface area contributed by atoms with Crippen LogP contribution in [-0.2, 0) is 0 Å². The van der Waals surface area contributed by atoms with E-state index < -0.39 is 0 Å². The number of aryl methyl sites for hydroxylation is 1. The normalized spacial score (nSPS) is 10.9. The van der Waals surface area contributed by atoms with Crippen molar-refractivity contribution >= 4 is 28.6 Å². The lowest BCUT2D eigenvalue weighted by atomic mass is 10.2. The second-order valence-corrected chi connectivity index (χ2v) is 7.76. The second kappa shape index (κ2) is 8.00. The highest BCUT2D eigenvalue weighted by Gasteiger charge is 2.12. The second-order valence-electron chi connectivity index (χ2n) is 6.84. The molecule has 1 amide bonds. The molecule has 0 aliphatic carbocycles. The molecular weight excluding hydrogens is 410 g/mol. The summed E-state index contributed by atoms with van der Waals surface area (Å²) in [5.41, 5.74) is 3.21. The lowest BCUT2D eigenvalue weighted by Gasteiger charge is -2.08. The average molecular weight is 427 g/mol. The Balaban J connectivity index is 1.34. The Morgan fingerprint density at radius 3 is 2.52 bits per heavy atom. The minimum absolute atomic E-state index is 0.116. The molecule has 0 bridgehead atoms. The zero-order valence-electron chi connectivity index (χ0n) is 16.5. The number of hydrogen-bond donors (Lipinski definition) is 1. The van der Waals surface area contributed by atoms with Gasteiger partial charge in [0.25, 0.3) is 5.91 Å². The first-order chi connectivity index (χ1) is 15.2. The Morgan fingerprint density at radius 1 is 0.968 bits per heavy atom. The van der Waals surface area contributed by atoms with Crippen molar-refractivity contribution in [2.24, 2.45) is 0 Å². The fourth-order valence-electron chi connectivity index (χ4n) is 3.11. The van der Waals surface area contributed by atoms with Gasteiger partial charge in [-0.3, -0.25) is 4.79 Å². The van der Waals surface area contributed by atoms with Gasteiger partial charge in [-0.2, -0.15) is 4.52 Å². The highest BCUT2D eigenvalue weighted by molar-refractivity contribution is 7.12. The molecule has 5 aromatic rings. The van der Waals surface area contributed by atoms with E-state index in [1.807, 2.05) is 48.7 Å². The van der Waals surface area contributed by atoms with Crippen molar-refractivity contribution in [1.82, 2.24) is 19.8 Å². The van der Waals surface area contributed by atoms with Crippen LogP contribution in [0.2, 0.25) is 0 Å². The highest BCUT2D eigenvalue weighted by Crippen LogP contribution is 2.24. The first-order valence-electron chi connectivity index (χ1n) is 9.58. The van der Waals surface area contributed by atoms with Gasteiger partial charge in [0.15, 0.2) is 11.5 Å². The quantitative estimate of drug-likeness (QED) is 0.417. The number of benzene rings is 2. The van der Waals surface area contributed by atoms with Crippen LogP contribution in [0.1, 0.15) is 15.2 Å². The Bertz CT molecular complexity index is 1360. The first kappa shape index (κ1) is 19.0. The molecule has 8 heteroatoms. The van der Waals surface area contributed by atoms with Gasteiger partial charge in [-0.25, -0.2) is 0 Å². The molecule has 3 aromatic heterocycles. The predicted octanol–water partition coefficient (Wildman–Crippen LogP) is 5.21. The number of amides is 1. The van der Waals surface area contributed by atoms with Gasteiger partial charge in [-0.15, -0.1) is 26.6 Å². The Labute approximate surface area is 182 Å². The molecule has 2 aromatic carbocycles. The molecule has 0 atom stereocenters. The fraction of sp³-hybridized carbons (Fsp3) is 0.0435. The van der Waals surface area contributed by atoms with E-state index in [-0.39, 0.29) is 5.91 Å². The number of fused-ring (bicyclic) bond motifs is 1. The molecule has 0 aliphatic rings. The first-order valence-corrected chi connectivity index (χ1v) is 10.5. The smallest absolute Gasteiger partial charge is 0.265 e. The molecule has 3 heterocycles. The summed E-state index contributed by atoms with van der Waals surface area (Å²) in [5, 5.41) is 17.7. The standard InChI is InChI=1S/C23H17N5O2S/c1-15-13-14-31-21(15)23(29)24-17-7-9-18(10-8-17)30-20-12-11-19-25-26-22(28(19)27-20)16-5-3-2-4-6-16/h2-14H,1H3,(H,24,29). The summed E-state index contributed by atoms with van der Waals surface area (Å²) in [7, 11) is 0. The number of ether oxygens (including phenoxy) is 1. The lowest BCUT2D eigenvalue weighted by molar-refractivity contribution is 0.103. The minimum atomic E-state index is -0.116. The van der Waals surface area contributed by atoms with Crippen molar-refractivity contribution in [1.29, 1.82) is 0 Å². The summed E-state index contributed by atoms with van der Waals surface area (Å²) in [6, 6.07) is 22.4. The monoisotopic (exact) mass is 427 g/mol. The van der Waals surface area contributed by atoms with Gasteiger partial charge in [0.2, 0.25) is 5.88 Å². The van der Waals surface area contributed by atoms with E-state index in [1.165, 1.54) is 11.3 Å². The molecule has 0 aliphatic heterocycles. The van der Waals surface area contributed by atoms with Crippen molar-refractivity contribution in [2.75, 3.05) is 5.32 Å². The van der Waals surface area contributed by atoms with E-state index in [1.54, 1.807) is 40.9 Å². The van der Waals surface area contributed by atoms with Gasteiger partial charge in [0.1, 0.15) is 5.75 Å². The largest absolute Gasteiger partial charge is 0.438 e. The number of anilines is 1. The van der Waals surface area contributed by atoms with E-state index in [0.717, 1.165) is 11.1 Å². The maximum atomic E-state index is 12.4. The van der Waals surface area contributed by atoms with Crippen LogP contribution in [0.25, 0.3) is 17.0 Å². The summed E-state index contributed by atoms with van der Waals surface area (Å²) in [6.07, 6.45) is 0. The molecule has 0 spiro atoms. The molecule has 0 saturated carbocycles. The number of rotatable bonds is 5. The van der Waals surface area contributed by atoms with Gasteiger partial charge in [-0.05, 0) is 54.3 Å². The van der Waals surface area contributed by atoms with Crippen LogP contribution in [-0.4, -0.2) is 25.7 Å². The number of thiophene rings is 1. The molecule has 1 N–H and O–H groups in total. The zero-order valence-corrected chi connectivity index (χ0v) is 17.3. The van der Waals surface area contributed by atoms with Crippen molar-refractivity contribution in [2.45, 2.75) is 6.92 Å². The highest BCUT2D eigenvalue weighted by atomic mass is 32.1. The zero-order chi connectivity index (χ0) is 21.2. The van der Waals surface area contributed by atoms with E-state index in [2.05, 4.69) is 20.6 Å². The molecule has 31 heavy (non-hydrogen) atoms. The van der Waals surface area contributed by atoms with Gasteiger partial charge >= 0.3 is 0 Å². The number of aromatic nitrogens is 4. The Morgan fingerprint density at radius 2 is 1.77 bits per heavy atom. The van der Waals surface area contributed by atoms with Crippen LogP contribution in [0.15, 0.2) is 78.2 Å². The van der Waals surface area contributed by atoms with Crippen molar-refractivity contribution < 1.29 is 9.53 Å². The third-order valence-electron chi connectivity index (χ3n) is 4.67. The average Bonchev–Trinajstić information content (AvgIpc) is 3.41. The maximum Gasteiger partial charge on any atom is 0.265 e.